The summed E-state index contributed by atoms with van der Waals surface area (Å²) in [6.07, 6.45) is 0. The Hall–Kier alpha value is -1.12. The highest BCUT2D eigenvalue weighted by Crippen LogP contribution is 2.25. The van der Waals surface area contributed by atoms with E-state index < -0.39 is 15.8 Å². The summed E-state index contributed by atoms with van der Waals surface area (Å²) < 4.78 is 39.7. The lowest BCUT2D eigenvalue weighted by Gasteiger charge is -2.06. The maximum Gasteiger partial charge on any atom is 0.271 e. The van der Waals surface area contributed by atoms with E-state index in [2.05, 4.69) is 20.7 Å². The number of benzene rings is 1. The number of nitrogens with one attached hydrogen (secondary N) is 1. The number of rotatable bonds is 3. The Bertz CT molecular complexity index is 685. The Morgan fingerprint density at radius 1 is 1.33 bits per heavy atom. The molecule has 8 heteroatoms. The fourth-order valence-corrected chi connectivity index (χ4v) is 3.61. The molecule has 0 spiro atoms. The van der Waals surface area contributed by atoms with Crippen molar-refractivity contribution in [2.45, 2.75) is 4.21 Å². The molecule has 0 aliphatic heterocycles. The SMILES string of the molecule is Nc1csc(S(=O)(=O)Nc2ccc(Br)c(F)c2)c1. The number of sulfonamides is 1. The van der Waals surface area contributed by atoms with Gasteiger partial charge in [-0.1, -0.05) is 0 Å². The van der Waals surface area contributed by atoms with E-state index in [4.69, 9.17) is 5.73 Å². The number of nitrogen functional groups attached to an aromatic ring is 1. The standard InChI is InChI=1S/C10H8BrFN2O2S2/c11-8-2-1-7(4-9(8)12)14-18(15,16)10-3-6(13)5-17-10/h1-5,14H,13H2. The third kappa shape index (κ3) is 2.82. The van der Waals surface area contributed by atoms with Crippen molar-refractivity contribution in [2.24, 2.45) is 0 Å². The van der Waals surface area contributed by atoms with Crippen LogP contribution in [0, 0.1) is 5.82 Å². The summed E-state index contributed by atoms with van der Waals surface area (Å²) in [4.78, 5) is 0. The Labute approximate surface area is 116 Å². The molecule has 0 atom stereocenters. The molecule has 2 aromatic rings. The molecule has 0 aliphatic rings. The molecular formula is C10H8BrFN2O2S2. The van der Waals surface area contributed by atoms with Crippen LogP contribution < -0.4 is 10.5 Å². The fraction of sp³-hybridized carbons (Fsp3) is 0. The Morgan fingerprint density at radius 3 is 2.61 bits per heavy atom. The lowest BCUT2D eigenvalue weighted by molar-refractivity contribution is 0.603. The second-order valence-electron chi connectivity index (χ2n) is 3.43. The van der Waals surface area contributed by atoms with Crippen molar-refractivity contribution < 1.29 is 12.8 Å². The molecule has 0 aliphatic carbocycles. The van der Waals surface area contributed by atoms with Gasteiger partial charge in [-0.05, 0) is 40.2 Å². The summed E-state index contributed by atoms with van der Waals surface area (Å²) in [6, 6.07) is 5.33. The third-order valence-corrected chi connectivity index (χ3v) is 5.51. The Balaban J connectivity index is 2.30. The van der Waals surface area contributed by atoms with E-state index in [-0.39, 0.29) is 14.4 Å². The summed E-state index contributed by atoms with van der Waals surface area (Å²) in [5.74, 6) is -0.541. The molecule has 0 unspecified atom stereocenters. The molecule has 18 heavy (non-hydrogen) atoms. The van der Waals surface area contributed by atoms with Crippen LogP contribution in [0.15, 0.2) is 38.3 Å². The van der Waals surface area contributed by atoms with Crippen LogP contribution >= 0.6 is 27.3 Å². The number of hydrogen-bond donors (Lipinski definition) is 2. The van der Waals surface area contributed by atoms with Gasteiger partial charge >= 0.3 is 0 Å². The molecule has 0 saturated carbocycles. The first-order valence-electron chi connectivity index (χ1n) is 4.70. The van der Waals surface area contributed by atoms with E-state index in [1.807, 2.05) is 0 Å². The van der Waals surface area contributed by atoms with Gasteiger partial charge in [0.1, 0.15) is 10.0 Å². The zero-order valence-electron chi connectivity index (χ0n) is 8.85. The molecule has 1 aromatic heterocycles. The molecule has 1 aromatic carbocycles. The largest absolute Gasteiger partial charge is 0.398 e. The van der Waals surface area contributed by atoms with Gasteiger partial charge in [0.15, 0.2) is 0 Å². The van der Waals surface area contributed by atoms with Crippen LogP contribution in [0.4, 0.5) is 15.8 Å². The van der Waals surface area contributed by atoms with Crippen molar-refractivity contribution in [2.75, 3.05) is 10.5 Å². The molecule has 3 N–H and O–H groups in total. The van der Waals surface area contributed by atoms with Crippen molar-refractivity contribution in [3.05, 3.63) is 39.9 Å². The molecule has 0 fully saturated rings. The third-order valence-electron chi connectivity index (χ3n) is 2.03. The van der Waals surface area contributed by atoms with Gasteiger partial charge in [-0.3, -0.25) is 4.72 Å². The molecule has 2 rings (SSSR count). The smallest absolute Gasteiger partial charge is 0.271 e. The summed E-state index contributed by atoms with van der Waals surface area (Å²) >= 11 is 4.00. The van der Waals surface area contributed by atoms with Gasteiger partial charge in [-0.2, -0.15) is 0 Å². The second-order valence-corrected chi connectivity index (χ2v) is 7.11. The zero-order chi connectivity index (χ0) is 13.3. The highest BCUT2D eigenvalue weighted by atomic mass is 79.9. The molecule has 0 saturated heterocycles. The number of halogens is 2. The van der Waals surface area contributed by atoms with Crippen LogP contribution in [-0.2, 0) is 10.0 Å². The van der Waals surface area contributed by atoms with Gasteiger partial charge in [0.2, 0.25) is 0 Å². The van der Waals surface area contributed by atoms with Crippen LogP contribution in [0.5, 0.6) is 0 Å². The van der Waals surface area contributed by atoms with Gasteiger partial charge in [-0.15, -0.1) is 11.3 Å². The van der Waals surface area contributed by atoms with Gasteiger partial charge in [-0.25, -0.2) is 12.8 Å². The lowest BCUT2D eigenvalue weighted by Crippen LogP contribution is -2.11. The van der Waals surface area contributed by atoms with Gasteiger partial charge in [0, 0.05) is 11.1 Å². The molecular weight excluding hydrogens is 343 g/mol. The van der Waals surface area contributed by atoms with Crippen molar-refractivity contribution in [1.29, 1.82) is 0 Å². The van der Waals surface area contributed by atoms with E-state index in [9.17, 15) is 12.8 Å². The first-order valence-corrected chi connectivity index (χ1v) is 7.86. The van der Waals surface area contributed by atoms with Gasteiger partial charge in [0.25, 0.3) is 10.0 Å². The highest BCUT2D eigenvalue weighted by Gasteiger charge is 2.17. The minimum Gasteiger partial charge on any atom is -0.398 e. The second kappa shape index (κ2) is 4.87. The number of anilines is 2. The monoisotopic (exact) mass is 350 g/mol. The zero-order valence-corrected chi connectivity index (χ0v) is 12.1. The first-order chi connectivity index (χ1) is 8.38. The van der Waals surface area contributed by atoms with Crippen LogP contribution in [0.1, 0.15) is 0 Å². The lowest BCUT2D eigenvalue weighted by atomic mass is 10.3. The Kier molecular flexibility index (Phi) is 3.60. The Morgan fingerprint density at radius 2 is 2.06 bits per heavy atom. The molecule has 0 bridgehead atoms. The van der Waals surface area contributed by atoms with E-state index in [1.165, 1.54) is 23.6 Å². The average molecular weight is 351 g/mol. The quantitative estimate of drug-likeness (QED) is 0.893. The molecule has 1 heterocycles. The van der Waals surface area contributed by atoms with E-state index in [0.717, 1.165) is 17.4 Å². The number of thiophene rings is 1. The van der Waals surface area contributed by atoms with Crippen LogP contribution in [0.25, 0.3) is 0 Å². The normalized spacial score (nSPS) is 11.4. The average Bonchev–Trinajstić information content (AvgIpc) is 2.71. The van der Waals surface area contributed by atoms with Crippen molar-refractivity contribution >= 4 is 48.7 Å². The van der Waals surface area contributed by atoms with E-state index in [0.29, 0.717) is 5.69 Å². The predicted octanol–water partition coefficient (Wildman–Crippen LogP) is 3.03. The maximum atomic E-state index is 13.3. The van der Waals surface area contributed by atoms with Crippen LogP contribution in [0.3, 0.4) is 0 Å². The van der Waals surface area contributed by atoms with Crippen molar-refractivity contribution in [1.82, 2.24) is 0 Å². The maximum absolute atomic E-state index is 13.3. The summed E-state index contributed by atoms with van der Waals surface area (Å²) in [6.45, 7) is 0. The minimum atomic E-state index is -3.72. The van der Waals surface area contributed by atoms with Crippen LogP contribution in [-0.4, -0.2) is 8.42 Å². The first kappa shape index (κ1) is 13.3. The predicted molar refractivity (Wildman–Crippen MR) is 73.6 cm³/mol. The summed E-state index contributed by atoms with van der Waals surface area (Å²) in [5, 5.41) is 1.52. The fourth-order valence-electron chi connectivity index (χ4n) is 1.24. The van der Waals surface area contributed by atoms with Crippen molar-refractivity contribution in [3.63, 3.8) is 0 Å². The van der Waals surface area contributed by atoms with E-state index in [1.54, 1.807) is 0 Å². The summed E-state index contributed by atoms with van der Waals surface area (Å²) in [5.41, 5.74) is 6.00. The van der Waals surface area contributed by atoms with Crippen molar-refractivity contribution in [3.8, 4) is 0 Å². The molecule has 0 amide bonds. The molecule has 96 valence electrons. The topological polar surface area (TPSA) is 72.2 Å². The van der Waals surface area contributed by atoms with Crippen LogP contribution in [0.2, 0.25) is 0 Å². The molecule has 4 nitrogen and oxygen atoms in total. The number of nitrogens with two attached hydrogens (primary N) is 1. The highest BCUT2D eigenvalue weighted by molar-refractivity contribution is 9.10. The van der Waals surface area contributed by atoms with Gasteiger partial charge < -0.3 is 5.73 Å². The minimum absolute atomic E-state index is 0.0864. The summed E-state index contributed by atoms with van der Waals surface area (Å²) in [7, 11) is -3.72. The number of hydrogen-bond acceptors (Lipinski definition) is 4. The van der Waals surface area contributed by atoms with E-state index >= 15 is 0 Å². The molecule has 0 radical (unpaired) electrons. The van der Waals surface area contributed by atoms with Gasteiger partial charge in [0.05, 0.1) is 10.2 Å².